The van der Waals surface area contributed by atoms with Crippen LogP contribution in [0.1, 0.15) is 6.92 Å². The maximum absolute atomic E-state index is 10.7. The number of halogens is 2. The number of benzene rings is 2. The Bertz CT molecular complexity index is 641. The highest BCUT2D eigenvalue weighted by Crippen LogP contribution is 2.34. The second-order valence-electron chi connectivity index (χ2n) is 4.22. The summed E-state index contributed by atoms with van der Waals surface area (Å²) in [5.74, 6) is 0.390. The van der Waals surface area contributed by atoms with Gasteiger partial charge in [0.1, 0.15) is 22.3 Å². The number of carboxylic acids is 1. The Morgan fingerprint density at radius 2 is 1.71 bits per heavy atom. The highest BCUT2D eigenvalue weighted by atomic mass is 35.5. The molecule has 0 saturated carbocycles. The highest BCUT2D eigenvalue weighted by Gasteiger charge is 2.12. The molecule has 0 spiro atoms. The van der Waals surface area contributed by atoms with Crippen molar-refractivity contribution in [3.63, 3.8) is 0 Å². The van der Waals surface area contributed by atoms with Gasteiger partial charge in [-0.25, -0.2) is 4.79 Å². The van der Waals surface area contributed by atoms with Gasteiger partial charge >= 0.3 is 5.97 Å². The third kappa shape index (κ3) is 4.03. The Morgan fingerprint density at radius 3 is 2.33 bits per heavy atom. The quantitative estimate of drug-likeness (QED) is 0.869. The van der Waals surface area contributed by atoms with Gasteiger partial charge in [0.2, 0.25) is 0 Å². The minimum atomic E-state index is -1.03. The van der Waals surface area contributed by atoms with E-state index in [1.54, 1.807) is 42.5 Å². The molecule has 0 saturated heterocycles. The standard InChI is InChI=1S/C15H12Cl2O4/c1-9(15(18)19)20-10-5-7-11(8-6-10)21-13-4-2-3-12(16)14(13)17/h2-9H,1H3,(H,18,19). The first-order valence-electron chi connectivity index (χ1n) is 6.09. The van der Waals surface area contributed by atoms with Crippen molar-refractivity contribution in [1.29, 1.82) is 0 Å². The van der Waals surface area contributed by atoms with Crippen molar-refractivity contribution >= 4 is 29.2 Å². The average molecular weight is 327 g/mol. The zero-order chi connectivity index (χ0) is 15.4. The van der Waals surface area contributed by atoms with E-state index in [4.69, 9.17) is 37.8 Å². The first kappa shape index (κ1) is 15.5. The van der Waals surface area contributed by atoms with Crippen LogP contribution in [0.4, 0.5) is 0 Å². The fraction of sp³-hybridized carbons (Fsp3) is 0.133. The van der Waals surface area contributed by atoms with Gasteiger partial charge in [0.05, 0.1) is 5.02 Å². The number of carbonyl (C=O) groups is 1. The summed E-state index contributed by atoms with van der Waals surface area (Å²) in [7, 11) is 0. The van der Waals surface area contributed by atoms with Gasteiger partial charge in [0.25, 0.3) is 0 Å². The van der Waals surface area contributed by atoms with E-state index in [2.05, 4.69) is 0 Å². The Kier molecular flexibility index (Phi) is 4.94. The second kappa shape index (κ2) is 6.70. The summed E-state index contributed by atoms with van der Waals surface area (Å²) < 4.78 is 10.8. The highest BCUT2D eigenvalue weighted by molar-refractivity contribution is 6.42. The monoisotopic (exact) mass is 326 g/mol. The third-order valence-corrected chi connectivity index (χ3v) is 3.43. The average Bonchev–Trinajstić information content (AvgIpc) is 2.46. The molecule has 0 aliphatic rings. The van der Waals surface area contributed by atoms with E-state index in [9.17, 15) is 4.79 Å². The van der Waals surface area contributed by atoms with Crippen molar-refractivity contribution in [3.8, 4) is 17.2 Å². The summed E-state index contributed by atoms with van der Waals surface area (Å²) >= 11 is 11.9. The maximum Gasteiger partial charge on any atom is 0.344 e. The molecule has 4 nitrogen and oxygen atoms in total. The molecule has 2 aromatic carbocycles. The molecule has 2 aromatic rings. The summed E-state index contributed by atoms with van der Waals surface area (Å²) in [6, 6.07) is 11.6. The Labute approximate surface area is 131 Å². The van der Waals surface area contributed by atoms with Gasteiger partial charge < -0.3 is 14.6 Å². The van der Waals surface area contributed by atoms with Crippen LogP contribution >= 0.6 is 23.2 Å². The summed E-state index contributed by atoms with van der Waals surface area (Å²) in [5, 5.41) is 9.51. The van der Waals surface area contributed by atoms with E-state index >= 15 is 0 Å². The van der Waals surface area contributed by atoms with Gasteiger partial charge in [-0.3, -0.25) is 0 Å². The number of rotatable bonds is 5. The molecular weight excluding hydrogens is 315 g/mol. The lowest BCUT2D eigenvalue weighted by Gasteiger charge is -2.12. The van der Waals surface area contributed by atoms with Crippen molar-refractivity contribution in [2.75, 3.05) is 0 Å². The van der Waals surface area contributed by atoms with Gasteiger partial charge in [0, 0.05) is 0 Å². The predicted molar refractivity (Wildman–Crippen MR) is 80.7 cm³/mol. The first-order chi connectivity index (χ1) is 9.97. The van der Waals surface area contributed by atoms with Crippen LogP contribution in [0.5, 0.6) is 17.2 Å². The molecule has 110 valence electrons. The van der Waals surface area contributed by atoms with Gasteiger partial charge in [-0.1, -0.05) is 29.3 Å². The van der Waals surface area contributed by atoms with Crippen molar-refractivity contribution in [1.82, 2.24) is 0 Å². The van der Waals surface area contributed by atoms with Gasteiger partial charge in [0.15, 0.2) is 6.10 Å². The van der Waals surface area contributed by atoms with E-state index in [-0.39, 0.29) is 0 Å². The van der Waals surface area contributed by atoms with Crippen LogP contribution in [0.25, 0.3) is 0 Å². The Balaban J connectivity index is 2.09. The molecule has 6 heteroatoms. The number of aliphatic carboxylic acids is 1. The minimum absolute atomic E-state index is 0.332. The minimum Gasteiger partial charge on any atom is -0.479 e. The molecule has 0 radical (unpaired) electrons. The lowest BCUT2D eigenvalue weighted by atomic mass is 10.3. The topological polar surface area (TPSA) is 55.8 Å². The van der Waals surface area contributed by atoms with Crippen LogP contribution in [0.3, 0.4) is 0 Å². The van der Waals surface area contributed by atoms with Crippen molar-refractivity contribution in [3.05, 3.63) is 52.5 Å². The van der Waals surface area contributed by atoms with E-state index in [1.807, 2.05) is 0 Å². The number of carboxylic acid groups (broad SMARTS) is 1. The van der Waals surface area contributed by atoms with Crippen LogP contribution in [-0.4, -0.2) is 17.2 Å². The predicted octanol–water partition coefficient (Wildman–Crippen LogP) is 4.64. The first-order valence-corrected chi connectivity index (χ1v) is 6.84. The van der Waals surface area contributed by atoms with Crippen molar-refractivity contribution < 1.29 is 19.4 Å². The lowest BCUT2D eigenvalue weighted by molar-refractivity contribution is -0.144. The SMILES string of the molecule is CC(Oc1ccc(Oc2cccc(Cl)c2Cl)cc1)C(=O)O. The number of hydrogen-bond donors (Lipinski definition) is 1. The van der Waals surface area contributed by atoms with E-state index in [1.165, 1.54) is 6.92 Å². The van der Waals surface area contributed by atoms with E-state index < -0.39 is 12.1 Å². The molecular formula is C15H12Cl2O4. The molecule has 0 aromatic heterocycles. The third-order valence-electron chi connectivity index (χ3n) is 2.63. The van der Waals surface area contributed by atoms with E-state index in [0.717, 1.165) is 0 Å². The summed E-state index contributed by atoms with van der Waals surface area (Å²) in [4.78, 5) is 10.7. The van der Waals surface area contributed by atoms with Gasteiger partial charge in [-0.15, -0.1) is 0 Å². The smallest absolute Gasteiger partial charge is 0.344 e. The lowest BCUT2D eigenvalue weighted by Crippen LogP contribution is -2.22. The molecule has 1 atom stereocenters. The molecule has 1 unspecified atom stereocenters. The number of ether oxygens (including phenoxy) is 2. The molecule has 0 heterocycles. The van der Waals surface area contributed by atoms with Crippen molar-refractivity contribution in [2.24, 2.45) is 0 Å². The van der Waals surface area contributed by atoms with Crippen LogP contribution < -0.4 is 9.47 Å². The molecule has 21 heavy (non-hydrogen) atoms. The largest absolute Gasteiger partial charge is 0.479 e. The second-order valence-corrected chi connectivity index (χ2v) is 5.01. The molecule has 0 amide bonds. The zero-order valence-corrected chi connectivity index (χ0v) is 12.6. The molecule has 2 rings (SSSR count). The normalized spacial score (nSPS) is 11.8. The summed E-state index contributed by atoms with van der Waals surface area (Å²) in [5.41, 5.74) is 0. The zero-order valence-electron chi connectivity index (χ0n) is 11.0. The molecule has 1 N–H and O–H groups in total. The Hall–Kier alpha value is -1.91. The van der Waals surface area contributed by atoms with Gasteiger partial charge in [-0.2, -0.15) is 0 Å². The summed E-state index contributed by atoms with van der Waals surface area (Å²) in [6.45, 7) is 1.46. The van der Waals surface area contributed by atoms with Gasteiger partial charge in [-0.05, 0) is 43.3 Å². The maximum atomic E-state index is 10.7. The molecule has 0 bridgehead atoms. The molecule has 0 aliphatic heterocycles. The van der Waals surface area contributed by atoms with Crippen LogP contribution in [0.2, 0.25) is 10.0 Å². The fourth-order valence-corrected chi connectivity index (χ4v) is 1.86. The number of hydrogen-bond acceptors (Lipinski definition) is 3. The van der Waals surface area contributed by atoms with Crippen LogP contribution in [0, 0.1) is 0 Å². The molecule has 0 aliphatic carbocycles. The van der Waals surface area contributed by atoms with Crippen molar-refractivity contribution in [2.45, 2.75) is 13.0 Å². The summed E-state index contributed by atoms with van der Waals surface area (Å²) in [6.07, 6.45) is -0.917. The van der Waals surface area contributed by atoms with E-state index in [0.29, 0.717) is 27.3 Å². The molecule has 0 fully saturated rings. The van der Waals surface area contributed by atoms with Crippen LogP contribution in [-0.2, 0) is 4.79 Å². The van der Waals surface area contributed by atoms with Crippen LogP contribution in [0.15, 0.2) is 42.5 Å². The fourth-order valence-electron chi connectivity index (χ4n) is 1.53. The Morgan fingerprint density at radius 1 is 1.10 bits per heavy atom.